The molecule has 2 nitrogen and oxygen atoms in total. The molecule has 0 aliphatic rings. The molecule has 0 aliphatic carbocycles. The lowest BCUT2D eigenvalue weighted by molar-refractivity contribution is -0.274. The molecular formula is C9H6ClF6NO. The van der Waals surface area contributed by atoms with E-state index in [1.54, 1.807) is 0 Å². The van der Waals surface area contributed by atoms with Gasteiger partial charge in [-0.3, -0.25) is 0 Å². The molecule has 2 N–H and O–H groups in total. The van der Waals surface area contributed by atoms with Crippen LogP contribution in [0.25, 0.3) is 0 Å². The molecule has 0 bridgehead atoms. The molecule has 1 atom stereocenters. The summed E-state index contributed by atoms with van der Waals surface area (Å²) in [6.07, 6.45) is -9.69. The number of rotatable bonds is 2. The van der Waals surface area contributed by atoms with E-state index in [-0.39, 0.29) is 0 Å². The number of hydrogen-bond donors (Lipinski definition) is 1. The summed E-state index contributed by atoms with van der Waals surface area (Å²) >= 11 is 5.38. The second-order valence-corrected chi connectivity index (χ2v) is 3.66. The number of ether oxygens (including phenoxy) is 1. The Balaban J connectivity index is 3.00. The third-order valence-electron chi connectivity index (χ3n) is 1.89. The highest BCUT2D eigenvalue weighted by Gasteiger charge is 2.38. The van der Waals surface area contributed by atoms with Gasteiger partial charge in [0, 0.05) is 0 Å². The Hall–Kier alpha value is -1.15. The van der Waals surface area contributed by atoms with Crippen molar-refractivity contribution >= 4 is 11.6 Å². The molecule has 1 aromatic carbocycles. The van der Waals surface area contributed by atoms with E-state index in [0.29, 0.717) is 12.1 Å². The summed E-state index contributed by atoms with van der Waals surface area (Å²) < 4.78 is 75.9. The maximum Gasteiger partial charge on any atom is 0.573 e. The van der Waals surface area contributed by atoms with Gasteiger partial charge in [0.15, 0.2) is 0 Å². The molecule has 0 aromatic heterocycles. The highest BCUT2D eigenvalue weighted by Crippen LogP contribution is 2.36. The molecule has 1 aromatic rings. The van der Waals surface area contributed by atoms with Crippen molar-refractivity contribution in [2.45, 2.75) is 18.6 Å². The average Bonchev–Trinajstić information content (AvgIpc) is 2.16. The van der Waals surface area contributed by atoms with Crippen molar-refractivity contribution in [1.82, 2.24) is 0 Å². The normalized spacial score (nSPS) is 14.4. The van der Waals surface area contributed by atoms with Gasteiger partial charge in [-0.2, -0.15) is 13.2 Å². The van der Waals surface area contributed by atoms with Gasteiger partial charge in [-0.15, -0.1) is 13.2 Å². The van der Waals surface area contributed by atoms with Crippen LogP contribution < -0.4 is 10.5 Å². The zero-order valence-corrected chi connectivity index (χ0v) is 9.20. The van der Waals surface area contributed by atoms with Crippen LogP contribution in [0.5, 0.6) is 5.75 Å². The highest BCUT2D eigenvalue weighted by atomic mass is 35.5. The van der Waals surface area contributed by atoms with Crippen molar-refractivity contribution in [3.05, 3.63) is 28.8 Å². The minimum absolute atomic E-state index is 0.456. The van der Waals surface area contributed by atoms with Crippen LogP contribution in [-0.4, -0.2) is 12.5 Å². The molecule has 0 fully saturated rings. The van der Waals surface area contributed by atoms with Crippen LogP contribution in [0.4, 0.5) is 26.3 Å². The quantitative estimate of drug-likeness (QED) is 0.842. The standard InChI is InChI=1S/C9H6ClF6NO/c10-5-3-4(7(17)8(11,12)13)1-2-6(5)18-9(14,15)16/h1-3,7H,17H2/t7-/m0/s1. The van der Waals surface area contributed by atoms with Gasteiger partial charge < -0.3 is 10.5 Å². The van der Waals surface area contributed by atoms with E-state index in [2.05, 4.69) is 4.74 Å². The summed E-state index contributed by atoms with van der Waals surface area (Å²) in [6.45, 7) is 0. The van der Waals surface area contributed by atoms with Gasteiger partial charge >= 0.3 is 12.5 Å². The second kappa shape index (κ2) is 4.85. The summed E-state index contributed by atoms with van der Waals surface area (Å²) in [6, 6.07) is -0.197. The minimum Gasteiger partial charge on any atom is -0.404 e. The molecule has 0 saturated carbocycles. The summed E-state index contributed by atoms with van der Waals surface area (Å²) in [4.78, 5) is 0. The van der Waals surface area contributed by atoms with Gasteiger partial charge in [0.2, 0.25) is 0 Å². The predicted octanol–water partition coefficient (Wildman–Crippen LogP) is 3.80. The molecule has 1 rings (SSSR count). The Kier molecular flexibility index (Phi) is 4.02. The van der Waals surface area contributed by atoms with Gasteiger partial charge in [0.25, 0.3) is 0 Å². The van der Waals surface area contributed by atoms with E-state index < -0.39 is 34.9 Å². The van der Waals surface area contributed by atoms with E-state index in [1.165, 1.54) is 0 Å². The fourth-order valence-electron chi connectivity index (χ4n) is 1.11. The zero-order valence-electron chi connectivity index (χ0n) is 8.44. The summed E-state index contributed by atoms with van der Waals surface area (Å²) in [5.74, 6) is -0.790. The predicted molar refractivity (Wildman–Crippen MR) is 51.1 cm³/mol. The molecule has 0 spiro atoms. The maximum absolute atomic E-state index is 12.3. The molecule has 0 heterocycles. The first-order valence-corrected chi connectivity index (χ1v) is 4.76. The lowest BCUT2D eigenvalue weighted by Crippen LogP contribution is -2.28. The molecule has 0 amide bonds. The van der Waals surface area contributed by atoms with E-state index in [4.69, 9.17) is 17.3 Å². The maximum atomic E-state index is 12.3. The van der Waals surface area contributed by atoms with Crippen LogP contribution in [0.1, 0.15) is 11.6 Å². The molecule has 102 valence electrons. The smallest absolute Gasteiger partial charge is 0.404 e. The van der Waals surface area contributed by atoms with E-state index in [1.807, 2.05) is 0 Å². The van der Waals surface area contributed by atoms with Gasteiger partial charge in [-0.25, -0.2) is 0 Å². The summed E-state index contributed by atoms with van der Waals surface area (Å²) in [5, 5.41) is -0.607. The summed E-state index contributed by atoms with van der Waals surface area (Å²) in [7, 11) is 0. The molecule has 18 heavy (non-hydrogen) atoms. The third-order valence-corrected chi connectivity index (χ3v) is 2.19. The second-order valence-electron chi connectivity index (χ2n) is 3.26. The highest BCUT2D eigenvalue weighted by molar-refractivity contribution is 6.32. The van der Waals surface area contributed by atoms with Crippen molar-refractivity contribution in [2.24, 2.45) is 5.73 Å². The largest absolute Gasteiger partial charge is 0.573 e. The van der Waals surface area contributed by atoms with Crippen molar-refractivity contribution < 1.29 is 31.1 Å². The number of halogens is 7. The Morgan fingerprint density at radius 2 is 1.67 bits per heavy atom. The van der Waals surface area contributed by atoms with Gasteiger partial charge in [0.05, 0.1) is 5.02 Å². The minimum atomic E-state index is -4.97. The lowest BCUT2D eigenvalue weighted by atomic mass is 10.1. The first kappa shape index (κ1) is 14.9. The van der Waals surface area contributed by atoms with E-state index in [9.17, 15) is 26.3 Å². The molecule has 0 saturated heterocycles. The molecule has 0 aliphatic heterocycles. The Morgan fingerprint density at radius 3 is 2.06 bits per heavy atom. The Bertz CT molecular complexity index is 430. The Morgan fingerprint density at radius 1 is 1.11 bits per heavy atom. The van der Waals surface area contributed by atoms with Crippen molar-refractivity contribution in [1.29, 1.82) is 0 Å². The molecule has 9 heteroatoms. The van der Waals surface area contributed by atoms with Gasteiger partial charge in [0.1, 0.15) is 11.8 Å². The number of alkyl halides is 6. The first-order valence-electron chi connectivity index (χ1n) is 4.38. The first-order chi connectivity index (χ1) is 8.00. The van der Waals surface area contributed by atoms with Crippen LogP contribution >= 0.6 is 11.6 Å². The van der Waals surface area contributed by atoms with Crippen LogP contribution in [-0.2, 0) is 0 Å². The van der Waals surface area contributed by atoms with E-state index in [0.717, 1.165) is 6.07 Å². The Labute approximate surface area is 102 Å². The average molecular weight is 294 g/mol. The summed E-state index contributed by atoms with van der Waals surface area (Å²) in [5.41, 5.74) is 4.42. The lowest BCUT2D eigenvalue weighted by Gasteiger charge is -2.17. The van der Waals surface area contributed by atoms with Crippen LogP contribution in [0.15, 0.2) is 18.2 Å². The number of benzene rings is 1. The molecule has 0 radical (unpaired) electrons. The third kappa shape index (κ3) is 3.95. The van der Waals surface area contributed by atoms with Crippen LogP contribution in [0, 0.1) is 0 Å². The molecular weight excluding hydrogens is 288 g/mol. The van der Waals surface area contributed by atoms with Gasteiger partial charge in [-0.1, -0.05) is 17.7 Å². The van der Waals surface area contributed by atoms with Gasteiger partial charge in [-0.05, 0) is 17.7 Å². The fourth-order valence-corrected chi connectivity index (χ4v) is 1.33. The number of nitrogens with two attached hydrogens (primary N) is 1. The molecule has 0 unspecified atom stereocenters. The zero-order chi connectivity index (χ0) is 14.1. The van der Waals surface area contributed by atoms with Crippen molar-refractivity contribution in [3.8, 4) is 5.75 Å². The SMILES string of the molecule is N[C@@H](c1ccc(OC(F)(F)F)c(Cl)c1)C(F)(F)F. The van der Waals surface area contributed by atoms with Crippen LogP contribution in [0.3, 0.4) is 0 Å². The van der Waals surface area contributed by atoms with E-state index >= 15 is 0 Å². The topological polar surface area (TPSA) is 35.2 Å². The number of hydrogen-bond acceptors (Lipinski definition) is 2. The van der Waals surface area contributed by atoms with Crippen molar-refractivity contribution in [3.63, 3.8) is 0 Å². The van der Waals surface area contributed by atoms with Crippen molar-refractivity contribution in [2.75, 3.05) is 0 Å². The fraction of sp³-hybridized carbons (Fsp3) is 0.333. The van der Waals surface area contributed by atoms with Crippen LogP contribution in [0.2, 0.25) is 5.02 Å². The monoisotopic (exact) mass is 293 g/mol.